The fourth-order valence-corrected chi connectivity index (χ4v) is 3.20. The molecule has 3 aliphatic rings. The van der Waals surface area contributed by atoms with E-state index in [0.29, 0.717) is 17.6 Å². The quantitative estimate of drug-likeness (QED) is 0.587. The van der Waals surface area contributed by atoms with Crippen molar-refractivity contribution in [3.63, 3.8) is 0 Å². The van der Waals surface area contributed by atoms with Crippen LogP contribution in [-0.4, -0.2) is 5.78 Å². The molecule has 15 heavy (non-hydrogen) atoms. The largest absolute Gasteiger partial charge is 0.295 e. The summed E-state index contributed by atoms with van der Waals surface area (Å²) in [6.45, 7) is 0. The number of fused-ring (bicyclic) bond motifs is 3. The van der Waals surface area contributed by atoms with E-state index in [2.05, 4.69) is 12.2 Å². The van der Waals surface area contributed by atoms with E-state index < -0.39 is 0 Å². The first-order chi connectivity index (χ1) is 7.34. The summed E-state index contributed by atoms with van der Waals surface area (Å²) < 4.78 is 0. The van der Waals surface area contributed by atoms with E-state index in [1.54, 1.807) is 11.6 Å². The molecule has 0 spiro atoms. The van der Waals surface area contributed by atoms with Crippen molar-refractivity contribution in [1.29, 1.82) is 0 Å². The lowest BCUT2D eigenvalue weighted by Gasteiger charge is -2.36. The maximum absolute atomic E-state index is 11.5. The minimum Gasteiger partial charge on any atom is -0.295 e. The van der Waals surface area contributed by atoms with Crippen molar-refractivity contribution in [3.8, 4) is 0 Å². The van der Waals surface area contributed by atoms with Crippen LogP contribution in [0.4, 0.5) is 0 Å². The Morgan fingerprint density at radius 3 is 2.93 bits per heavy atom. The summed E-state index contributed by atoms with van der Waals surface area (Å²) in [7, 11) is 0. The van der Waals surface area contributed by atoms with E-state index in [0.717, 1.165) is 6.42 Å². The Bertz CT molecular complexity index is 384. The lowest BCUT2D eigenvalue weighted by atomic mass is 9.67. The van der Waals surface area contributed by atoms with Gasteiger partial charge in [0.25, 0.3) is 0 Å². The van der Waals surface area contributed by atoms with Gasteiger partial charge in [0.05, 0.1) is 0 Å². The predicted molar refractivity (Wildman–Crippen MR) is 60.4 cm³/mol. The Labute approximate surface area is 90.6 Å². The van der Waals surface area contributed by atoms with Crippen molar-refractivity contribution in [2.75, 3.05) is 0 Å². The number of hydrogen-bond donors (Lipinski definition) is 0. The fraction of sp³-hybridized carbons (Fsp3) is 0.500. The highest BCUT2D eigenvalue weighted by Gasteiger charge is 2.33. The summed E-state index contributed by atoms with van der Waals surface area (Å²) in [6.07, 6.45) is 14.2. The van der Waals surface area contributed by atoms with Crippen LogP contribution in [0.1, 0.15) is 32.1 Å². The lowest BCUT2D eigenvalue weighted by Crippen LogP contribution is -2.27. The van der Waals surface area contributed by atoms with Gasteiger partial charge in [-0.25, -0.2) is 0 Å². The van der Waals surface area contributed by atoms with E-state index in [1.807, 2.05) is 6.08 Å². The second-order valence-electron chi connectivity index (χ2n) is 4.87. The van der Waals surface area contributed by atoms with Crippen LogP contribution in [0, 0.1) is 11.8 Å². The van der Waals surface area contributed by atoms with Crippen LogP contribution in [0.2, 0.25) is 0 Å². The highest BCUT2D eigenvalue weighted by atomic mass is 16.1. The van der Waals surface area contributed by atoms with E-state index in [-0.39, 0.29) is 0 Å². The Morgan fingerprint density at radius 2 is 2.00 bits per heavy atom. The molecule has 3 aliphatic carbocycles. The first-order valence-electron chi connectivity index (χ1n) is 5.96. The van der Waals surface area contributed by atoms with Gasteiger partial charge in [-0.05, 0) is 42.7 Å². The summed E-state index contributed by atoms with van der Waals surface area (Å²) in [5.41, 5.74) is 2.98. The molecule has 1 nitrogen and oxygen atoms in total. The molecule has 0 amide bonds. The normalized spacial score (nSPS) is 34.0. The molecule has 0 radical (unpaired) electrons. The van der Waals surface area contributed by atoms with Gasteiger partial charge in [-0.1, -0.05) is 30.2 Å². The van der Waals surface area contributed by atoms with Gasteiger partial charge in [0, 0.05) is 6.42 Å². The van der Waals surface area contributed by atoms with Crippen molar-refractivity contribution in [1.82, 2.24) is 0 Å². The SMILES string of the molecule is O=C1C=CC2=CC=C3CCCCC3C2C1. The van der Waals surface area contributed by atoms with Crippen LogP contribution in [0.25, 0.3) is 0 Å². The number of allylic oxidation sites excluding steroid dienone is 6. The average molecular weight is 200 g/mol. The maximum Gasteiger partial charge on any atom is 0.156 e. The van der Waals surface area contributed by atoms with Crippen LogP contribution in [-0.2, 0) is 4.79 Å². The molecule has 0 bridgehead atoms. The monoisotopic (exact) mass is 200 g/mol. The number of rotatable bonds is 0. The first-order valence-corrected chi connectivity index (χ1v) is 5.96. The molecular formula is C14H16O. The molecule has 1 saturated carbocycles. The summed E-state index contributed by atoms with van der Waals surface area (Å²) in [5.74, 6) is 1.49. The number of hydrogen-bond acceptors (Lipinski definition) is 1. The smallest absolute Gasteiger partial charge is 0.156 e. The van der Waals surface area contributed by atoms with Crippen LogP contribution in [0.5, 0.6) is 0 Å². The first kappa shape index (κ1) is 9.14. The van der Waals surface area contributed by atoms with E-state index in [4.69, 9.17) is 0 Å². The van der Waals surface area contributed by atoms with Gasteiger partial charge < -0.3 is 0 Å². The standard InChI is InChI=1S/C14H16O/c15-12-8-7-11-6-5-10-3-1-2-4-13(10)14(11)9-12/h5-8,13-14H,1-4,9H2. The highest BCUT2D eigenvalue weighted by molar-refractivity contribution is 5.92. The molecule has 0 aromatic heterocycles. The molecule has 78 valence electrons. The summed E-state index contributed by atoms with van der Waals surface area (Å²) in [5, 5.41) is 0. The van der Waals surface area contributed by atoms with Gasteiger partial charge in [-0.3, -0.25) is 4.79 Å². The molecule has 0 saturated heterocycles. The Kier molecular flexibility index (Phi) is 2.12. The second-order valence-corrected chi connectivity index (χ2v) is 4.87. The summed E-state index contributed by atoms with van der Waals surface area (Å²) >= 11 is 0. The molecule has 1 heteroatoms. The summed E-state index contributed by atoms with van der Waals surface area (Å²) in [6, 6.07) is 0. The van der Waals surface area contributed by atoms with E-state index in [9.17, 15) is 4.79 Å². The third-order valence-corrected chi connectivity index (χ3v) is 3.99. The number of ketones is 1. The summed E-state index contributed by atoms with van der Waals surface area (Å²) in [4.78, 5) is 11.5. The molecular weight excluding hydrogens is 184 g/mol. The van der Waals surface area contributed by atoms with E-state index in [1.165, 1.54) is 31.3 Å². The Morgan fingerprint density at radius 1 is 1.07 bits per heavy atom. The van der Waals surface area contributed by atoms with Crippen LogP contribution in [0.15, 0.2) is 35.5 Å². The van der Waals surface area contributed by atoms with Crippen molar-refractivity contribution >= 4 is 5.78 Å². The van der Waals surface area contributed by atoms with Crippen molar-refractivity contribution in [3.05, 3.63) is 35.5 Å². The minimum atomic E-state index is 0.309. The van der Waals surface area contributed by atoms with Crippen LogP contribution in [0.3, 0.4) is 0 Å². The van der Waals surface area contributed by atoms with Gasteiger partial charge in [0.2, 0.25) is 0 Å². The topological polar surface area (TPSA) is 17.1 Å². The van der Waals surface area contributed by atoms with Crippen molar-refractivity contribution in [2.45, 2.75) is 32.1 Å². The molecule has 0 heterocycles. The zero-order valence-electron chi connectivity index (χ0n) is 8.91. The minimum absolute atomic E-state index is 0.309. The average Bonchev–Trinajstić information content (AvgIpc) is 2.29. The molecule has 0 aromatic carbocycles. The molecule has 0 aromatic rings. The van der Waals surface area contributed by atoms with Gasteiger partial charge >= 0.3 is 0 Å². The van der Waals surface area contributed by atoms with Gasteiger partial charge in [0.1, 0.15) is 0 Å². The van der Waals surface area contributed by atoms with Gasteiger partial charge in [-0.2, -0.15) is 0 Å². The number of carbonyl (C=O) groups excluding carboxylic acids is 1. The maximum atomic E-state index is 11.5. The Balaban J connectivity index is 1.96. The fourth-order valence-electron chi connectivity index (χ4n) is 3.20. The van der Waals surface area contributed by atoms with E-state index >= 15 is 0 Å². The lowest BCUT2D eigenvalue weighted by molar-refractivity contribution is -0.115. The molecule has 2 unspecified atom stereocenters. The third kappa shape index (κ3) is 1.50. The molecule has 0 aliphatic heterocycles. The van der Waals surface area contributed by atoms with Gasteiger partial charge in [-0.15, -0.1) is 0 Å². The molecule has 3 rings (SSSR count). The molecule has 1 fully saturated rings. The van der Waals surface area contributed by atoms with Crippen LogP contribution >= 0.6 is 0 Å². The predicted octanol–water partition coefficient (Wildman–Crippen LogP) is 3.19. The third-order valence-electron chi connectivity index (χ3n) is 3.99. The van der Waals surface area contributed by atoms with Crippen LogP contribution < -0.4 is 0 Å². The zero-order valence-corrected chi connectivity index (χ0v) is 8.91. The zero-order chi connectivity index (χ0) is 10.3. The molecule has 2 atom stereocenters. The second kappa shape index (κ2) is 3.48. The van der Waals surface area contributed by atoms with Crippen molar-refractivity contribution in [2.24, 2.45) is 11.8 Å². The Hall–Kier alpha value is -1.11. The van der Waals surface area contributed by atoms with Crippen molar-refractivity contribution < 1.29 is 4.79 Å². The number of carbonyl (C=O) groups is 1. The van der Waals surface area contributed by atoms with Gasteiger partial charge in [0.15, 0.2) is 5.78 Å². The molecule has 0 N–H and O–H groups in total. The highest BCUT2D eigenvalue weighted by Crippen LogP contribution is 2.43.